The zero-order valence-electron chi connectivity index (χ0n) is 11.1. The van der Waals surface area contributed by atoms with Crippen molar-refractivity contribution >= 4 is 33.6 Å². The van der Waals surface area contributed by atoms with Gasteiger partial charge in [-0.05, 0) is 71.8 Å². The average molecular weight is 394 g/mol. The first-order chi connectivity index (χ1) is 10.1. The molecular formula is C16H12FIN2O. The lowest BCUT2D eigenvalue weighted by atomic mass is 10.2. The van der Waals surface area contributed by atoms with Crippen LogP contribution in [0.3, 0.4) is 0 Å². The van der Waals surface area contributed by atoms with Crippen molar-refractivity contribution in [1.82, 2.24) is 9.55 Å². The van der Waals surface area contributed by atoms with E-state index in [0.29, 0.717) is 6.04 Å². The summed E-state index contributed by atoms with van der Waals surface area (Å²) < 4.78 is 16.4. The molecule has 1 aliphatic rings. The minimum atomic E-state index is -0.249. The molecule has 1 aliphatic carbocycles. The van der Waals surface area contributed by atoms with Gasteiger partial charge in [-0.3, -0.25) is 0 Å². The molecule has 1 N–H and O–H groups in total. The molecule has 4 rings (SSSR count). The number of fused-ring (bicyclic) bond motifs is 1. The monoisotopic (exact) mass is 394 g/mol. The Morgan fingerprint density at radius 1 is 1.19 bits per heavy atom. The van der Waals surface area contributed by atoms with E-state index in [-0.39, 0.29) is 11.6 Å². The van der Waals surface area contributed by atoms with E-state index in [9.17, 15) is 9.50 Å². The van der Waals surface area contributed by atoms with Crippen molar-refractivity contribution in [3.8, 4) is 17.1 Å². The number of hydrogen-bond donors (Lipinski definition) is 1. The molecule has 0 atom stereocenters. The van der Waals surface area contributed by atoms with E-state index in [1.54, 1.807) is 12.1 Å². The molecule has 3 aromatic rings. The second-order valence-electron chi connectivity index (χ2n) is 5.34. The Labute approximate surface area is 134 Å². The largest absolute Gasteiger partial charge is 0.507 e. The molecule has 2 aromatic carbocycles. The Balaban J connectivity index is 1.99. The molecule has 1 heterocycles. The van der Waals surface area contributed by atoms with Crippen molar-refractivity contribution in [2.75, 3.05) is 0 Å². The highest BCUT2D eigenvalue weighted by molar-refractivity contribution is 14.1. The zero-order chi connectivity index (χ0) is 14.6. The Kier molecular flexibility index (Phi) is 2.92. The summed E-state index contributed by atoms with van der Waals surface area (Å²) in [5.41, 5.74) is 2.47. The molecule has 1 saturated carbocycles. The van der Waals surface area contributed by atoms with Crippen LogP contribution in [0.2, 0.25) is 0 Å². The standard InChI is InChI=1S/C16H12FIN2O/c17-10-2-6-13-14(8-10)20(11-3-4-11)16(19-13)9-1-5-12(18)15(21)7-9/h1-2,5-8,11,21H,3-4H2. The van der Waals surface area contributed by atoms with Gasteiger partial charge in [-0.25, -0.2) is 9.37 Å². The SMILES string of the molecule is Oc1cc(-c2nc3ccc(F)cc3n2C2CC2)ccc1I. The molecule has 5 heteroatoms. The molecule has 1 fully saturated rings. The van der Waals surface area contributed by atoms with Crippen LogP contribution in [0.15, 0.2) is 36.4 Å². The molecule has 1 aromatic heterocycles. The molecule has 3 nitrogen and oxygen atoms in total. The highest BCUT2D eigenvalue weighted by atomic mass is 127. The van der Waals surface area contributed by atoms with Gasteiger partial charge in [-0.1, -0.05) is 0 Å². The molecule has 0 radical (unpaired) electrons. The molecule has 106 valence electrons. The molecule has 0 spiro atoms. The second-order valence-corrected chi connectivity index (χ2v) is 6.50. The number of imidazole rings is 1. The number of hydrogen-bond acceptors (Lipinski definition) is 2. The number of phenolic OH excluding ortho intramolecular Hbond substituents is 1. The number of halogens is 2. The van der Waals surface area contributed by atoms with Crippen LogP contribution in [0.4, 0.5) is 4.39 Å². The van der Waals surface area contributed by atoms with Crippen LogP contribution in [0.25, 0.3) is 22.4 Å². The zero-order valence-corrected chi connectivity index (χ0v) is 13.2. The lowest BCUT2D eigenvalue weighted by molar-refractivity contribution is 0.471. The number of rotatable bonds is 2. The van der Waals surface area contributed by atoms with Gasteiger partial charge in [-0.15, -0.1) is 0 Å². The minimum absolute atomic E-state index is 0.244. The van der Waals surface area contributed by atoms with Gasteiger partial charge in [0.2, 0.25) is 0 Å². The van der Waals surface area contributed by atoms with Gasteiger partial charge in [0, 0.05) is 11.6 Å². The Morgan fingerprint density at radius 2 is 2.00 bits per heavy atom. The number of phenols is 1. The molecule has 0 aliphatic heterocycles. The van der Waals surface area contributed by atoms with E-state index >= 15 is 0 Å². The Hall–Kier alpha value is -1.63. The van der Waals surface area contributed by atoms with E-state index < -0.39 is 0 Å². The minimum Gasteiger partial charge on any atom is -0.507 e. The summed E-state index contributed by atoms with van der Waals surface area (Å²) in [5, 5.41) is 9.92. The fraction of sp³-hybridized carbons (Fsp3) is 0.188. The van der Waals surface area contributed by atoms with Crippen LogP contribution < -0.4 is 0 Å². The second kappa shape index (κ2) is 4.69. The van der Waals surface area contributed by atoms with Gasteiger partial charge in [0.25, 0.3) is 0 Å². The summed E-state index contributed by atoms with van der Waals surface area (Å²) in [4.78, 5) is 4.64. The maximum absolute atomic E-state index is 13.5. The summed E-state index contributed by atoms with van der Waals surface area (Å²) in [5.74, 6) is 0.791. The highest BCUT2D eigenvalue weighted by Gasteiger charge is 2.29. The van der Waals surface area contributed by atoms with Gasteiger partial charge in [0.1, 0.15) is 17.4 Å². The molecule has 0 bridgehead atoms. The molecule has 0 amide bonds. The lowest BCUT2D eigenvalue weighted by Crippen LogP contribution is -1.97. The topological polar surface area (TPSA) is 38.1 Å². The number of nitrogens with zero attached hydrogens (tertiary/aromatic N) is 2. The summed E-state index contributed by atoms with van der Waals surface area (Å²) >= 11 is 2.09. The van der Waals surface area contributed by atoms with Crippen molar-refractivity contribution in [3.63, 3.8) is 0 Å². The smallest absolute Gasteiger partial charge is 0.141 e. The predicted molar refractivity (Wildman–Crippen MR) is 87.8 cm³/mol. The van der Waals surface area contributed by atoms with Crippen molar-refractivity contribution in [1.29, 1.82) is 0 Å². The van der Waals surface area contributed by atoms with Crippen molar-refractivity contribution in [2.45, 2.75) is 18.9 Å². The lowest BCUT2D eigenvalue weighted by Gasteiger charge is -2.08. The van der Waals surface area contributed by atoms with Gasteiger partial charge in [-0.2, -0.15) is 0 Å². The van der Waals surface area contributed by atoms with Crippen LogP contribution in [-0.2, 0) is 0 Å². The van der Waals surface area contributed by atoms with Crippen LogP contribution in [0, 0.1) is 9.39 Å². The van der Waals surface area contributed by atoms with Crippen LogP contribution in [0.5, 0.6) is 5.75 Å². The summed E-state index contributed by atoms with van der Waals surface area (Å²) in [6, 6.07) is 10.6. The normalized spacial score (nSPS) is 14.8. The summed E-state index contributed by atoms with van der Waals surface area (Å²) in [6.07, 6.45) is 2.18. The predicted octanol–water partition coefficient (Wildman–Crippen LogP) is 4.49. The van der Waals surface area contributed by atoms with Crippen LogP contribution in [0.1, 0.15) is 18.9 Å². The number of benzene rings is 2. The average Bonchev–Trinajstić information content (AvgIpc) is 3.23. The Morgan fingerprint density at radius 3 is 2.71 bits per heavy atom. The summed E-state index contributed by atoms with van der Waals surface area (Å²) in [7, 11) is 0. The quantitative estimate of drug-likeness (QED) is 0.651. The first kappa shape index (κ1) is 13.1. The fourth-order valence-corrected chi connectivity index (χ4v) is 2.96. The van der Waals surface area contributed by atoms with Crippen LogP contribution in [-0.4, -0.2) is 14.7 Å². The molecule has 21 heavy (non-hydrogen) atoms. The Bertz CT molecular complexity index is 855. The van der Waals surface area contributed by atoms with Gasteiger partial charge >= 0.3 is 0 Å². The molecule has 0 unspecified atom stereocenters. The maximum atomic E-state index is 13.5. The third kappa shape index (κ3) is 2.19. The van der Waals surface area contributed by atoms with Crippen molar-refractivity contribution in [2.24, 2.45) is 0 Å². The van der Waals surface area contributed by atoms with E-state index in [2.05, 4.69) is 32.1 Å². The first-order valence-electron chi connectivity index (χ1n) is 6.80. The van der Waals surface area contributed by atoms with Crippen LogP contribution >= 0.6 is 22.6 Å². The van der Waals surface area contributed by atoms with Gasteiger partial charge in [0.05, 0.1) is 14.6 Å². The van der Waals surface area contributed by atoms with Crippen molar-refractivity contribution < 1.29 is 9.50 Å². The number of aromatic hydroxyl groups is 1. The first-order valence-corrected chi connectivity index (χ1v) is 7.88. The van der Waals surface area contributed by atoms with E-state index in [1.165, 1.54) is 12.1 Å². The maximum Gasteiger partial charge on any atom is 0.141 e. The third-order valence-corrected chi connectivity index (χ3v) is 4.68. The third-order valence-electron chi connectivity index (χ3n) is 3.77. The van der Waals surface area contributed by atoms with E-state index in [4.69, 9.17) is 0 Å². The van der Waals surface area contributed by atoms with Gasteiger partial charge < -0.3 is 9.67 Å². The van der Waals surface area contributed by atoms with E-state index in [0.717, 1.165) is 38.8 Å². The summed E-state index contributed by atoms with van der Waals surface area (Å²) in [6.45, 7) is 0. The fourth-order valence-electron chi connectivity index (χ4n) is 2.62. The number of aromatic nitrogens is 2. The van der Waals surface area contributed by atoms with Gasteiger partial charge in [0.15, 0.2) is 0 Å². The van der Waals surface area contributed by atoms with Crippen molar-refractivity contribution in [3.05, 3.63) is 45.8 Å². The molecular weight excluding hydrogens is 382 g/mol. The molecule has 0 saturated heterocycles. The highest BCUT2D eigenvalue weighted by Crippen LogP contribution is 2.41. The van der Waals surface area contributed by atoms with E-state index in [1.807, 2.05) is 12.1 Å².